The summed E-state index contributed by atoms with van der Waals surface area (Å²) < 4.78 is 5.09. The molecule has 0 aliphatic heterocycles. The van der Waals surface area contributed by atoms with E-state index >= 15 is 0 Å². The largest absolute Gasteiger partial charge is 0.337 e. The maximum atomic E-state index is 12.4. The number of carbonyl (C=O) groups is 1. The van der Waals surface area contributed by atoms with E-state index in [1.165, 1.54) is 10.4 Å². The van der Waals surface area contributed by atoms with Gasteiger partial charge in [0.1, 0.15) is 0 Å². The molecule has 7 heteroatoms. The number of hydrogen-bond donors (Lipinski definition) is 1. The molecule has 0 spiro atoms. The Morgan fingerprint density at radius 3 is 2.95 bits per heavy atom. The molecule has 1 N–H and O–H groups in total. The Morgan fingerprint density at radius 2 is 2.36 bits per heavy atom. The Bertz CT molecular complexity index is 648. The first kappa shape index (κ1) is 15.0. The van der Waals surface area contributed by atoms with Gasteiger partial charge in [0.05, 0.1) is 13.1 Å². The Hall–Kier alpha value is -1.89. The van der Waals surface area contributed by atoms with Crippen molar-refractivity contribution < 1.29 is 9.32 Å². The Kier molecular flexibility index (Phi) is 4.42. The Morgan fingerprint density at radius 1 is 1.55 bits per heavy atom. The highest BCUT2D eigenvalue weighted by Crippen LogP contribution is 2.30. The number of carbonyl (C=O) groups excluding carboxylic acids is 1. The molecule has 2 heterocycles. The first-order valence-electron chi connectivity index (χ1n) is 7.56. The van der Waals surface area contributed by atoms with E-state index in [4.69, 9.17) is 4.52 Å². The first-order chi connectivity index (χ1) is 10.7. The molecule has 0 radical (unpaired) electrons. The van der Waals surface area contributed by atoms with Gasteiger partial charge in [-0.15, -0.1) is 11.3 Å². The minimum atomic E-state index is -0.0634. The smallest absolute Gasteiger partial charge is 0.318 e. The highest BCUT2D eigenvalue weighted by molar-refractivity contribution is 7.10. The topological polar surface area (TPSA) is 71.3 Å². The molecule has 2 amide bonds. The van der Waals surface area contributed by atoms with Gasteiger partial charge in [0, 0.05) is 17.3 Å². The molecule has 0 unspecified atom stereocenters. The van der Waals surface area contributed by atoms with Gasteiger partial charge >= 0.3 is 6.03 Å². The van der Waals surface area contributed by atoms with Crippen molar-refractivity contribution in [2.75, 3.05) is 0 Å². The van der Waals surface area contributed by atoms with Gasteiger partial charge in [-0.3, -0.25) is 0 Å². The molecule has 22 heavy (non-hydrogen) atoms. The number of rotatable bonds is 6. The lowest BCUT2D eigenvalue weighted by Crippen LogP contribution is -2.40. The molecule has 0 bridgehead atoms. The van der Waals surface area contributed by atoms with Gasteiger partial charge < -0.3 is 14.7 Å². The number of amides is 2. The molecule has 0 atom stereocenters. The van der Waals surface area contributed by atoms with Crippen LogP contribution in [0.3, 0.4) is 0 Å². The van der Waals surface area contributed by atoms with Crippen LogP contribution in [0.5, 0.6) is 0 Å². The fourth-order valence-corrected chi connectivity index (χ4v) is 3.14. The lowest BCUT2D eigenvalue weighted by molar-refractivity contribution is 0.190. The van der Waals surface area contributed by atoms with Gasteiger partial charge in [0.15, 0.2) is 5.82 Å². The maximum absolute atomic E-state index is 12.4. The summed E-state index contributed by atoms with van der Waals surface area (Å²) in [6.45, 7) is 4.99. The zero-order chi connectivity index (χ0) is 15.5. The van der Waals surface area contributed by atoms with Crippen LogP contribution in [0.25, 0.3) is 0 Å². The van der Waals surface area contributed by atoms with Gasteiger partial charge in [-0.1, -0.05) is 12.1 Å². The van der Waals surface area contributed by atoms with Crippen LogP contribution in [-0.4, -0.2) is 27.1 Å². The van der Waals surface area contributed by atoms with E-state index in [2.05, 4.69) is 33.8 Å². The Labute approximate surface area is 133 Å². The van der Waals surface area contributed by atoms with Gasteiger partial charge in [0.25, 0.3) is 0 Å². The van der Waals surface area contributed by atoms with Crippen molar-refractivity contribution in [2.24, 2.45) is 0 Å². The van der Waals surface area contributed by atoms with Crippen molar-refractivity contribution in [1.82, 2.24) is 20.4 Å². The summed E-state index contributed by atoms with van der Waals surface area (Å²) in [5, 5.41) is 8.78. The average molecular weight is 320 g/mol. The molecule has 0 saturated heterocycles. The molecular formula is C15H20N4O2S. The number of aromatic nitrogens is 2. The fourth-order valence-electron chi connectivity index (χ4n) is 2.23. The second-order valence-electron chi connectivity index (χ2n) is 5.50. The van der Waals surface area contributed by atoms with Crippen molar-refractivity contribution >= 4 is 17.4 Å². The van der Waals surface area contributed by atoms with Crippen LogP contribution in [0.2, 0.25) is 0 Å². The molecule has 1 saturated carbocycles. The second-order valence-corrected chi connectivity index (χ2v) is 6.50. The number of nitrogens with one attached hydrogen (secondary N) is 1. The van der Waals surface area contributed by atoms with Crippen molar-refractivity contribution in [3.05, 3.63) is 33.6 Å². The van der Waals surface area contributed by atoms with Crippen LogP contribution in [0.15, 0.2) is 16.0 Å². The lowest BCUT2D eigenvalue weighted by Gasteiger charge is -2.22. The van der Waals surface area contributed by atoms with Gasteiger partial charge in [-0.25, -0.2) is 4.79 Å². The number of thiophene rings is 1. The van der Waals surface area contributed by atoms with Crippen molar-refractivity contribution in [3.63, 3.8) is 0 Å². The van der Waals surface area contributed by atoms with E-state index in [0.29, 0.717) is 24.3 Å². The molecular weight excluding hydrogens is 300 g/mol. The van der Waals surface area contributed by atoms with E-state index in [-0.39, 0.29) is 12.6 Å². The summed E-state index contributed by atoms with van der Waals surface area (Å²) in [5.74, 6) is 1.12. The summed E-state index contributed by atoms with van der Waals surface area (Å²) in [4.78, 5) is 19.8. The van der Waals surface area contributed by atoms with Gasteiger partial charge in [-0.05, 0) is 36.8 Å². The van der Waals surface area contributed by atoms with Crippen LogP contribution in [0.4, 0.5) is 4.79 Å². The van der Waals surface area contributed by atoms with E-state index in [0.717, 1.165) is 19.3 Å². The summed E-state index contributed by atoms with van der Waals surface area (Å²) in [6.07, 6.45) is 2.89. The molecule has 0 aromatic carbocycles. The molecule has 118 valence electrons. The normalized spacial score (nSPS) is 14.1. The third kappa shape index (κ3) is 3.47. The van der Waals surface area contributed by atoms with Crippen molar-refractivity contribution in [3.8, 4) is 0 Å². The summed E-state index contributed by atoms with van der Waals surface area (Å²) in [5.41, 5.74) is 1.24. The molecule has 1 aliphatic carbocycles. The molecule has 2 aromatic heterocycles. The van der Waals surface area contributed by atoms with Crippen LogP contribution in [0, 0.1) is 6.92 Å². The van der Waals surface area contributed by atoms with E-state index in [9.17, 15) is 4.79 Å². The van der Waals surface area contributed by atoms with Crippen LogP contribution in [-0.2, 0) is 19.5 Å². The standard InChI is InChI=1S/C15H20N4O2S/c1-3-13-17-14(21-18-13)8-16-15(20)19(11-4-5-11)9-12-10(2)6-7-22-12/h6-7,11H,3-5,8-9H2,1-2H3,(H,16,20). The quantitative estimate of drug-likeness (QED) is 0.888. The number of nitrogens with zero attached hydrogens (tertiary/aromatic N) is 3. The highest BCUT2D eigenvalue weighted by atomic mass is 32.1. The lowest BCUT2D eigenvalue weighted by atomic mass is 10.3. The van der Waals surface area contributed by atoms with Gasteiger partial charge in [0.2, 0.25) is 5.89 Å². The minimum Gasteiger partial charge on any atom is -0.337 e. The number of hydrogen-bond acceptors (Lipinski definition) is 5. The average Bonchev–Trinajstić information content (AvgIpc) is 3.11. The number of urea groups is 1. The molecule has 1 aliphatic rings. The molecule has 2 aromatic rings. The predicted molar refractivity (Wildman–Crippen MR) is 83.5 cm³/mol. The summed E-state index contributed by atoms with van der Waals surface area (Å²) in [6, 6.07) is 2.38. The van der Waals surface area contributed by atoms with E-state index < -0.39 is 0 Å². The SMILES string of the molecule is CCc1noc(CNC(=O)N(Cc2sccc2C)C2CC2)n1. The highest BCUT2D eigenvalue weighted by Gasteiger charge is 2.33. The van der Waals surface area contributed by atoms with Crippen molar-refractivity contribution in [1.29, 1.82) is 0 Å². The van der Waals surface area contributed by atoms with Crippen LogP contribution >= 0.6 is 11.3 Å². The summed E-state index contributed by atoms with van der Waals surface area (Å²) in [7, 11) is 0. The maximum Gasteiger partial charge on any atom is 0.318 e. The van der Waals surface area contributed by atoms with Gasteiger partial charge in [-0.2, -0.15) is 4.98 Å². The zero-order valence-corrected chi connectivity index (χ0v) is 13.7. The fraction of sp³-hybridized carbons (Fsp3) is 0.533. The monoisotopic (exact) mass is 320 g/mol. The molecule has 3 rings (SSSR count). The first-order valence-corrected chi connectivity index (χ1v) is 8.44. The Balaban J connectivity index is 1.59. The predicted octanol–water partition coefficient (Wildman–Crippen LogP) is 2.88. The second kappa shape index (κ2) is 6.48. The summed E-state index contributed by atoms with van der Waals surface area (Å²) >= 11 is 1.70. The van der Waals surface area contributed by atoms with E-state index in [1.807, 2.05) is 11.8 Å². The van der Waals surface area contributed by atoms with Crippen molar-refractivity contribution in [2.45, 2.75) is 52.2 Å². The van der Waals surface area contributed by atoms with Crippen LogP contribution < -0.4 is 5.32 Å². The third-order valence-electron chi connectivity index (χ3n) is 3.75. The van der Waals surface area contributed by atoms with Crippen LogP contribution in [0.1, 0.15) is 41.9 Å². The number of aryl methyl sites for hydroxylation is 2. The van der Waals surface area contributed by atoms with E-state index in [1.54, 1.807) is 11.3 Å². The molecule has 1 fully saturated rings. The molecule has 6 nitrogen and oxygen atoms in total. The third-order valence-corrected chi connectivity index (χ3v) is 4.76. The zero-order valence-electron chi connectivity index (χ0n) is 12.8. The minimum absolute atomic E-state index is 0.0634.